The molecular formula is C21H27FN4O4S. The first kappa shape index (κ1) is 23.0. The number of ether oxygens (including phenoxy) is 1. The summed E-state index contributed by atoms with van der Waals surface area (Å²) >= 11 is 0. The Bertz CT molecular complexity index is 1050. The first-order valence-electron chi connectivity index (χ1n) is 10.1. The van der Waals surface area contributed by atoms with Gasteiger partial charge >= 0.3 is 0 Å². The number of carbonyl (C=O) groups is 1. The quantitative estimate of drug-likeness (QED) is 0.594. The van der Waals surface area contributed by atoms with E-state index in [1.54, 1.807) is 6.07 Å². The van der Waals surface area contributed by atoms with Crippen molar-refractivity contribution < 1.29 is 22.3 Å². The lowest BCUT2D eigenvalue weighted by Crippen LogP contribution is -2.43. The van der Waals surface area contributed by atoms with Gasteiger partial charge in [0, 0.05) is 19.1 Å². The molecule has 1 aliphatic heterocycles. The maximum atomic E-state index is 13.6. The zero-order valence-electron chi connectivity index (χ0n) is 17.6. The number of sulfonamides is 1. The molecule has 3 N–H and O–H groups in total. The van der Waals surface area contributed by atoms with Crippen LogP contribution in [0.1, 0.15) is 42.1 Å². The number of piperidine rings is 1. The third-order valence-corrected chi connectivity index (χ3v) is 7.31. The van der Waals surface area contributed by atoms with Crippen molar-refractivity contribution in [3.63, 3.8) is 0 Å². The zero-order chi connectivity index (χ0) is 22.6. The van der Waals surface area contributed by atoms with Crippen LogP contribution in [-0.4, -0.2) is 55.5 Å². The Balaban J connectivity index is 1.68. The van der Waals surface area contributed by atoms with Crippen molar-refractivity contribution in [2.45, 2.75) is 32.2 Å². The van der Waals surface area contributed by atoms with Crippen LogP contribution in [0.4, 0.5) is 16.0 Å². The van der Waals surface area contributed by atoms with E-state index in [1.807, 2.05) is 6.92 Å². The number of pyridine rings is 1. The summed E-state index contributed by atoms with van der Waals surface area (Å²) in [4.78, 5) is 17.1. The standard InChI is InChI=1S/C21H27FN4O4S/c1-3-12-31(28,29)26-10-8-15(9-11-26)24-19-7-5-16(21(23)25-19)20(27)17-13-14(22)4-6-18(17)30-2/h4-7,13,15H,3,8-12H2,1-2H3,(H3,23,24,25). The number of methoxy groups -OCH3 is 1. The molecule has 0 bridgehead atoms. The number of hydrogen-bond donors (Lipinski definition) is 2. The number of nitrogens with zero attached hydrogens (tertiary/aromatic N) is 2. The van der Waals surface area contributed by atoms with Gasteiger partial charge in [-0.05, 0) is 49.6 Å². The lowest BCUT2D eigenvalue weighted by molar-refractivity contribution is 0.103. The Morgan fingerprint density at radius 2 is 1.97 bits per heavy atom. The van der Waals surface area contributed by atoms with Gasteiger partial charge < -0.3 is 15.8 Å². The van der Waals surface area contributed by atoms with E-state index in [2.05, 4.69) is 10.3 Å². The van der Waals surface area contributed by atoms with E-state index in [0.29, 0.717) is 38.2 Å². The molecule has 3 rings (SSSR count). The van der Waals surface area contributed by atoms with E-state index < -0.39 is 21.6 Å². The highest BCUT2D eigenvalue weighted by Crippen LogP contribution is 2.26. The zero-order valence-corrected chi connectivity index (χ0v) is 18.4. The summed E-state index contributed by atoms with van der Waals surface area (Å²) < 4.78 is 44.7. The van der Waals surface area contributed by atoms with Gasteiger partial charge in [0.15, 0.2) is 0 Å². The molecule has 1 aromatic carbocycles. The van der Waals surface area contributed by atoms with Gasteiger partial charge in [-0.25, -0.2) is 22.1 Å². The number of halogens is 1. The molecule has 0 spiro atoms. The van der Waals surface area contributed by atoms with Crippen molar-refractivity contribution in [3.05, 3.63) is 47.3 Å². The van der Waals surface area contributed by atoms with Crippen LogP contribution >= 0.6 is 0 Å². The highest BCUT2D eigenvalue weighted by atomic mass is 32.2. The molecule has 0 amide bonds. The minimum atomic E-state index is -3.19. The van der Waals surface area contributed by atoms with Gasteiger partial charge in [0.25, 0.3) is 0 Å². The second kappa shape index (κ2) is 9.61. The first-order valence-corrected chi connectivity index (χ1v) is 11.7. The van der Waals surface area contributed by atoms with Crippen LogP contribution in [0.15, 0.2) is 30.3 Å². The third-order valence-electron chi connectivity index (χ3n) is 5.24. The van der Waals surface area contributed by atoms with Gasteiger partial charge in [-0.2, -0.15) is 0 Å². The van der Waals surface area contributed by atoms with Crippen molar-refractivity contribution in [3.8, 4) is 5.75 Å². The van der Waals surface area contributed by atoms with E-state index in [9.17, 15) is 17.6 Å². The molecule has 10 heteroatoms. The van der Waals surface area contributed by atoms with Gasteiger partial charge in [-0.15, -0.1) is 0 Å². The Morgan fingerprint density at radius 1 is 1.26 bits per heavy atom. The van der Waals surface area contributed by atoms with E-state index >= 15 is 0 Å². The molecule has 0 aliphatic carbocycles. The maximum absolute atomic E-state index is 13.6. The number of ketones is 1. The molecule has 1 aromatic heterocycles. The predicted molar refractivity (Wildman–Crippen MR) is 117 cm³/mol. The summed E-state index contributed by atoms with van der Waals surface area (Å²) in [6.45, 7) is 2.75. The summed E-state index contributed by atoms with van der Waals surface area (Å²) in [6.07, 6.45) is 1.88. The van der Waals surface area contributed by atoms with Crippen LogP contribution in [0.5, 0.6) is 5.75 Å². The van der Waals surface area contributed by atoms with Crippen molar-refractivity contribution in [1.82, 2.24) is 9.29 Å². The molecule has 0 unspecified atom stereocenters. The number of nitrogen functional groups attached to an aromatic ring is 1. The van der Waals surface area contributed by atoms with Crippen LogP contribution in [0, 0.1) is 5.82 Å². The molecular weight excluding hydrogens is 423 g/mol. The highest BCUT2D eigenvalue weighted by Gasteiger charge is 2.27. The second-order valence-corrected chi connectivity index (χ2v) is 9.53. The molecule has 0 atom stereocenters. The van der Waals surface area contributed by atoms with Gasteiger partial charge in [0.1, 0.15) is 23.2 Å². The Labute approximate surface area is 181 Å². The number of aromatic nitrogens is 1. The van der Waals surface area contributed by atoms with Gasteiger partial charge in [-0.3, -0.25) is 4.79 Å². The molecule has 1 saturated heterocycles. The fourth-order valence-electron chi connectivity index (χ4n) is 3.62. The summed E-state index contributed by atoms with van der Waals surface area (Å²) in [5, 5.41) is 3.25. The number of nitrogens with one attached hydrogen (secondary N) is 1. The molecule has 2 aromatic rings. The number of benzene rings is 1. The molecule has 1 fully saturated rings. The van der Waals surface area contributed by atoms with E-state index in [-0.39, 0.29) is 34.5 Å². The average molecular weight is 451 g/mol. The minimum Gasteiger partial charge on any atom is -0.496 e. The molecule has 31 heavy (non-hydrogen) atoms. The monoisotopic (exact) mass is 450 g/mol. The molecule has 0 saturated carbocycles. The van der Waals surface area contributed by atoms with Gasteiger partial charge in [-0.1, -0.05) is 6.92 Å². The number of rotatable bonds is 8. The van der Waals surface area contributed by atoms with Crippen LogP contribution < -0.4 is 15.8 Å². The number of nitrogens with two attached hydrogens (primary N) is 1. The fraction of sp³-hybridized carbons (Fsp3) is 0.429. The van der Waals surface area contributed by atoms with Crippen LogP contribution in [-0.2, 0) is 10.0 Å². The third kappa shape index (κ3) is 5.31. The SMILES string of the molecule is CCCS(=O)(=O)N1CCC(Nc2ccc(C(=O)c3cc(F)ccc3OC)c(N)n2)CC1. The second-order valence-electron chi connectivity index (χ2n) is 7.44. The van der Waals surface area contributed by atoms with Crippen molar-refractivity contribution in [2.75, 3.05) is 37.0 Å². The van der Waals surface area contributed by atoms with Crippen LogP contribution in [0.2, 0.25) is 0 Å². The van der Waals surface area contributed by atoms with Crippen molar-refractivity contribution in [2.24, 2.45) is 0 Å². The summed E-state index contributed by atoms with van der Waals surface area (Å²) in [6, 6.07) is 6.92. The van der Waals surface area contributed by atoms with E-state index in [1.165, 1.54) is 29.6 Å². The summed E-state index contributed by atoms with van der Waals surface area (Å²) in [7, 11) is -1.79. The minimum absolute atomic E-state index is 0.0178. The molecule has 1 aliphatic rings. The normalized spacial score (nSPS) is 15.6. The van der Waals surface area contributed by atoms with E-state index in [0.717, 1.165) is 6.07 Å². The molecule has 0 radical (unpaired) electrons. The van der Waals surface area contributed by atoms with E-state index in [4.69, 9.17) is 10.5 Å². The number of carbonyl (C=O) groups excluding carboxylic acids is 1. The van der Waals surface area contributed by atoms with Gasteiger partial charge in [0.2, 0.25) is 15.8 Å². The average Bonchev–Trinajstić information content (AvgIpc) is 2.74. The summed E-state index contributed by atoms with van der Waals surface area (Å²) in [5.41, 5.74) is 6.23. The topological polar surface area (TPSA) is 115 Å². The molecule has 2 heterocycles. The van der Waals surface area contributed by atoms with Crippen LogP contribution in [0.3, 0.4) is 0 Å². The van der Waals surface area contributed by atoms with Crippen molar-refractivity contribution in [1.29, 1.82) is 0 Å². The largest absolute Gasteiger partial charge is 0.496 e. The van der Waals surface area contributed by atoms with Crippen molar-refractivity contribution >= 4 is 27.4 Å². The number of hydrogen-bond acceptors (Lipinski definition) is 7. The Morgan fingerprint density at radius 3 is 2.58 bits per heavy atom. The fourth-order valence-corrected chi connectivity index (χ4v) is 5.17. The number of anilines is 2. The molecule has 168 valence electrons. The highest BCUT2D eigenvalue weighted by molar-refractivity contribution is 7.89. The lowest BCUT2D eigenvalue weighted by atomic mass is 10.0. The Kier molecular flexibility index (Phi) is 7.11. The smallest absolute Gasteiger partial charge is 0.214 e. The van der Waals surface area contributed by atoms with Gasteiger partial charge in [0.05, 0.1) is 24.0 Å². The first-order chi connectivity index (χ1) is 14.7. The van der Waals surface area contributed by atoms with Crippen LogP contribution in [0.25, 0.3) is 0 Å². The summed E-state index contributed by atoms with van der Waals surface area (Å²) in [5.74, 6) is -0.116. The predicted octanol–water partition coefficient (Wildman–Crippen LogP) is 2.66. The molecule has 8 nitrogen and oxygen atoms in total. The lowest BCUT2D eigenvalue weighted by Gasteiger charge is -2.31. The Hall–Kier alpha value is -2.72. The maximum Gasteiger partial charge on any atom is 0.214 e.